The molecule has 3 unspecified atom stereocenters. The average Bonchev–Trinajstić information content (AvgIpc) is 2.98. The van der Waals surface area contributed by atoms with Gasteiger partial charge in [0.1, 0.15) is 17.6 Å². The lowest BCUT2D eigenvalue weighted by Crippen LogP contribution is -2.53. The number of hydrogen-bond donors (Lipinski definition) is 3. The van der Waals surface area contributed by atoms with Crippen molar-refractivity contribution in [2.75, 3.05) is 6.61 Å². The molecular weight excluding hydrogens is 380 g/mol. The van der Waals surface area contributed by atoms with E-state index in [0.29, 0.717) is 17.9 Å². The summed E-state index contributed by atoms with van der Waals surface area (Å²) in [5.74, 6) is 0.487. The summed E-state index contributed by atoms with van der Waals surface area (Å²) in [6.45, 7) is 4.26. The van der Waals surface area contributed by atoms with Crippen molar-refractivity contribution < 1.29 is 17.9 Å². The van der Waals surface area contributed by atoms with Gasteiger partial charge in [-0.05, 0) is 31.5 Å². The van der Waals surface area contributed by atoms with Gasteiger partial charge in [0.2, 0.25) is 5.91 Å². The first-order valence-electron chi connectivity index (χ1n) is 8.46. The fourth-order valence-corrected chi connectivity index (χ4v) is 3.96. The van der Waals surface area contributed by atoms with E-state index in [0.717, 1.165) is 12.8 Å². The van der Waals surface area contributed by atoms with Crippen LogP contribution in [0.5, 0.6) is 5.75 Å². The Labute approximate surface area is 156 Å². The van der Waals surface area contributed by atoms with Crippen molar-refractivity contribution in [3.8, 4) is 5.75 Å². The fraction of sp³-hybridized carbons (Fsp3) is 0.500. The van der Waals surface area contributed by atoms with E-state index >= 15 is 0 Å². The van der Waals surface area contributed by atoms with Crippen LogP contribution in [-0.2, 0) is 13.8 Å². The van der Waals surface area contributed by atoms with Crippen LogP contribution >= 0.6 is 10.7 Å². The van der Waals surface area contributed by atoms with Crippen LogP contribution < -0.4 is 20.9 Å². The normalized spacial score (nSPS) is 25.4. The van der Waals surface area contributed by atoms with E-state index in [2.05, 4.69) is 28.1 Å². The number of hydrazine groups is 1. The van der Waals surface area contributed by atoms with E-state index in [1.807, 2.05) is 6.92 Å². The van der Waals surface area contributed by atoms with Gasteiger partial charge in [-0.2, -0.15) is 0 Å². The van der Waals surface area contributed by atoms with Gasteiger partial charge >= 0.3 is 0 Å². The van der Waals surface area contributed by atoms with E-state index in [4.69, 9.17) is 15.4 Å². The van der Waals surface area contributed by atoms with Crippen LogP contribution in [0.25, 0.3) is 0 Å². The van der Waals surface area contributed by atoms with Gasteiger partial charge in [0, 0.05) is 16.7 Å². The molecule has 0 aliphatic carbocycles. The summed E-state index contributed by atoms with van der Waals surface area (Å²) in [6, 6.07) is 3.52. The largest absolute Gasteiger partial charge is 0.493 e. The molecule has 1 aromatic carbocycles. The van der Waals surface area contributed by atoms with Crippen LogP contribution in [0.3, 0.4) is 0 Å². The Kier molecular flexibility index (Phi) is 5.52. The summed E-state index contributed by atoms with van der Waals surface area (Å²) in [5, 5.41) is 2.73. The summed E-state index contributed by atoms with van der Waals surface area (Å²) < 4.78 is 29.0. The van der Waals surface area contributed by atoms with Gasteiger partial charge in [0.25, 0.3) is 9.05 Å². The number of halogens is 1. The molecule has 2 aliphatic rings. The second-order valence-corrected chi connectivity index (χ2v) is 8.71. The van der Waals surface area contributed by atoms with Crippen molar-refractivity contribution in [3.05, 3.63) is 23.8 Å². The first-order valence-corrected chi connectivity index (χ1v) is 10.8. The van der Waals surface area contributed by atoms with Crippen molar-refractivity contribution in [1.82, 2.24) is 16.2 Å². The monoisotopic (exact) mass is 400 g/mol. The summed E-state index contributed by atoms with van der Waals surface area (Å²) >= 11 is 0. The highest BCUT2D eigenvalue weighted by atomic mass is 35.7. The summed E-state index contributed by atoms with van der Waals surface area (Å²) in [6.07, 6.45) is 1.80. The van der Waals surface area contributed by atoms with Crippen LogP contribution in [0.1, 0.15) is 32.3 Å². The van der Waals surface area contributed by atoms with Gasteiger partial charge in [-0.15, -0.1) is 0 Å². The highest BCUT2D eigenvalue weighted by Gasteiger charge is 2.43. The van der Waals surface area contributed by atoms with E-state index < -0.39 is 15.1 Å². The molecule has 0 radical (unpaired) electrons. The third kappa shape index (κ3) is 3.71. The molecule has 0 saturated carbocycles. The van der Waals surface area contributed by atoms with Crippen molar-refractivity contribution in [2.24, 2.45) is 4.99 Å². The molecule has 10 heteroatoms. The van der Waals surface area contributed by atoms with Crippen molar-refractivity contribution in [2.45, 2.75) is 49.7 Å². The second-order valence-electron chi connectivity index (χ2n) is 6.15. The topological polar surface area (TPSA) is 109 Å². The van der Waals surface area contributed by atoms with Gasteiger partial charge in [-0.25, -0.2) is 13.8 Å². The second kappa shape index (κ2) is 7.51. The standard InChI is InChI=1S/C16H21ClN4O4S/c1-3-5-11-13-14(21-20-11)16(22)19-15(18-13)10-8-9(26(17,23)24)6-7-12(10)25-4-2/h6-8,11,13-14,20-21H,3-5H2,1-2H3,(H,18,19,22). The quantitative estimate of drug-likeness (QED) is 0.612. The molecule has 2 aliphatic heterocycles. The Bertz CT molecular complexity index is 843. The van der Waals surface area contributed by atoms with Crippen LogP contribution in [0.15, 0.2) is 28.1 Å². The highest BCUT2D eigenvalue weighted by Crippen LogP contribution is 2.27. The number of fused-ring (bicyclic) bond motifs is 1. The number of rotatable bonds is 6. The number of ether oxygens (including phenoxy) is 1. The number of amidine groups is 1. The highest BCUT2D eigenvalue weighted by molar-refractivity contribution is 8.13. The molecule has 1 fully saturated rings. The zero-order valence-corrected chi connectivity index (χ0v) is 16.0. The Morgan fingerprint density at radius 3 is 2.69 bits per heavy atom. The molecule has 3 N–H and O–H groups in total. The van der Waals surface area contributed by atoms with Gasteiger partial charge in [0.15, 0.2) is 0 Å². The molecule has 3 atom stereocenters. The number of hydrogen-bond acceptors (Lipinski definition) is 7. The SMILES string of the molecule is CCCC1NNC2C(=O)NC(c3cc(S(=O)(=O)Cl)ccc3OCC)=NC12. The molecular formula is C16H21ClN4O4S. The van der Waals surface area contributed by atoms with E-state index in [1.165, 1.54) is 18.2 Å². The zero-order valence-electron chi connectivity index (χ0n) is 14.5. The van der Waals surface area contributed by atoms with Crippen molar-refractivity contribution in [3.63, 3.8) is 0 Å². The third-order valence-corrected chi connectivity index (χ3v) is 5.72. The number of nitrogens with zero attached hydrogens (tertiary/aromatic N) is 1. The molecule has 8 nitrogen and oxygen atoms in total. The first kappa shape index (κ1) is 19.1. The Balaban J connectivity index is 2.06. The van der Waals surface area contributed by atoms with Gasteiger partial charge in [-0.1, -0.05) is 13.3 Å². The minimum Gasteiger partial charge on any atom is -0.493 e. The van der Waals surface area contributed by atoms with Gasteiger partial charge in [-0.3, -0.25) is 15.2 Å². The Morgan fingerprint density at radius 1 is 1.27 bits per heavy atom. The van der Waals surface area contributed by atoms with Crippen LogP contribution in [0, 0.1) is 0 Å². The van der Waals surface area contributed by atoms with E-state index in [-0.39, 0.29) is 28.7 Å². The maximum absolute atomic E-state index is 12.5. The van der Waals surface area contributed by atoms with Crippen molar-refractivity contribution in [1.29, 1.82) is 0 Å². The number of aliphatic imine (C=N–C) groups is 1. The zero-order chi connectivity index (χ0) is 18.9. The first-order chi connectivity index (χ1) is 12.3. The number of carbonyl (C=O) groups is 1. The van der Waals surface area contributed by atoms with Crippen LogP contribution in [0.4, 0.5) is 0 Å². The molecule has 1 amide bonds. The van der Waals surface area contributed by atoms with Gasteiger partial charge < -0.3 is 10.1 Å². The molecule has 142 valence electrons. The predicted octanol–water partition coefficient (Wildman–Crippen LogP) is 0.903. The number of benzene rings is 1. The summed E-state index contributed by atoms with van der Waals surface area (Å²) in [4.78, 5) is 17.1. The lowest BCUT2D eigenvalue weighted by atomic mass is 9.97. The third-order valence-electron chi connectivity index (χ3n) is 4.37. The fourth-order valence-electron chi connectivity index (χ4n) is 3.18. The molecule has 0 bridgehead atoms. The minimum absolute atomic E-state index is 0.0153. The molecule has 1 saturated heterocycles. The van der Waals surface area contributed by atoms with E-state index in [1.54, 1.807) is 0 Å². The maximum atomic E-state index is 12.5. The predicted molar refractivity (Wildman–Crippen MR) is 97.9 cm³/mol. The summed E-state index contributed by atoms with van der Waals surface area (Å²) in [7, 11) is 1.54. The Hall–Kier alpha value is -1.68. The molecule has 0 aromatic heterocycles. The number of amides is 1. The summed E-state index contributed by atoms with van der Waals surface area (Å²) in [5.41, 5.74) is 6.48. The molecule has 2 heterocycles. The minimum atomic E-state index is -3.92. The number of carbonyl (C=O) groups excluding carboxylic acids is 1. The van der Waals surface area contributed by atoms with Gasteiger partial charge in [0.05, 0.1) is 23.1 Å². The average molecular weight is 401 g/mol. The van der Waals surface area contributed by atoms with Crippen LogP contribution in [-0.4, -0.2) is 44.9 Å². The smallest absolute Gasteiger partial charge is 0.261 e. The molecule has 26 heavy (non-hydrogen) atoms. The maximum Gasteiger partial charge on any atom is 0.261 e. The molecule has 1 aromatic rings. The lowest BCUT2D eigenvalue weighted by molar-refractivity contribution is -0.122. The van der Waals surface area contributed by atoms with E-state index in [9.17, 15) is 13.2 Å². The van der Waals surface area contributed by atoms with Crippen LogP contribution in [0.2, 0.25) is 0 Å². The van der Waals surface area contributed by atoms with Crippen molar-refractivity contribution >= 4 is 31.5 Å². The lowest BCUT2D eigenvalue weighted by Gasteiger charge is -2.26. The molecule has 0 spiro atoms. The number of nitrogens with one attached hydrogen (secondary N) is 3. The molecule has 3 rings (SSSR count). The Morgan fingerprint density at radius 2 is 2.04 bits per heavy atom.